The van der Waals surface area contributed by atoms with Crippen LogP contribution in [-0.2, 0) is 16.1 Å². The summed E-state index contributed by atoms with van der Waals surface area (Å²) in [4.78, 5) is 27.7. The average molecular weight is 527 g/mol. The molecule has 3 aromatic carbocycles. The second kappa shape index (κ2) is 11.0. The Hall–Kier alpha value is -2.93. The van der Waals surface area contributed by atoms with Crippen LogP contribution in [0.2, 0.25) is 0 Å². The van der Waals surface area contributed by atoms with E-state index in [1.54, 1.807) is 19.1 Å². The van der Waals surface area contributed by atoms with Gasteiger partial charge in [-0.2, -0.15) is 0 Å². The third kappa shape index (κ3) is 5.76. The van der Waals surface area contributed by atoms with Crippen molar-refractivity contribution in [3.8, 4) is 5.75 Å². The van der Waals surface area contributed by atoms with E-state index >= 15 is 0 Å². The zero-order valence-corrected chi connectivity index (χ0v) is 20.7. The molecule has 0 heterocycles. The fraction of sp³-hybridized carbons (Fsp3) is 0.333. The Labute approximate surface area is 207 Å². The minimum absolute atomic E-state index is 0.155. The number of carbonyl (C=O) groups excluding carboxylic acids is 2. The SMILES string of the molecule is C[C@@H](C(=O)NC1CCCC1)N(Cc1ccc(F)cc1)C(=O)COc1ccc2ccccc2c1Br. The van der Waals surface area contributed by atoms with Gasteiger partial charge in [-0.05, 0) is 70.2 Å². The van der Waals surface area contributed by atoms with Gasteiger partial charge in [-0.25, -0.2) is 4.39 Å². The Morgan fingerprint density at radius 3 is 2.53 bits per heavy atom. The first kappa shape index (κ1) is 24.2. The van der Waals surface area contributed by atoms with Crippen LogP contribution in [0.3, 0.4) is 0 Å². The number of rotatable bonds is 8. The lowest BCUT2D eigenvalue weighted by molar-refractivity contribution is -0.142. The second-order valence-corrected chi connectivity index (χ2v) is 9.49. The molecule has 34 heavy (non-hydrogen) atoms. The van der Waals surface area contributed by atoms with Gasteiger partial charge in [-0.1, -0.05) is 55.3 Å². The molecular formula is C27H28BrFN2O3. The maximum absolute atomic E-state index is 13.4. The van der Waals surface area contributed by atoms with Crippen LogP contribution in [0.4, 0.5) is 4.39 Å². The fourth-order valence-corrected chi connectivity index (χ4v) is 4.92. The van der Waals surface area contributed by atoms with Crippen LogP contribution in [0.1, 0.15) is 38.2 Å². The first-order valence-electron chi connectivity index (χ1n) is 11.6. The van der Waals surface area contributed by atoms with Crippen molar-refractivity contribution in [1.29, 1.82) is 0 Å². The maximum Gasteiger partial charge on any atom is 0.261 e. The van der Waals surface area contributed by atoms with E-state index in [4.69, 9.17) is 4.74 Å². The second-order valence-electron chi connectivity index (χ2n) is 8.70. The van der Waals surface area contributed by atoms with Gasteiger partial charge >= 0.3 is 0 Å². The Bertz CT molecular complexity index is 1160. The number of fused-ring (bicyclic) bond motifs is 1. The number of ether oxygens (including phenoxy) is 1. The summed E-state index contributed by atoms with van der Waals surface area (Å²) in [6.07, 6.45) is 4.13. The lowest BCUT2D eigenvalue weighted by Crippen LogP contribution is -2.50. The van der Waals surface area contributed by atoms with Crippen molar-refractivity contribution >= 4 is 38.5 Å². The Balaban J connectivity index is 1.49. The number of hydrogen-bond donors (Lipinski definition) is 1. The van der Waals surface area contributed by atoms with Gasteiger partial charge in [0.1, 0.15) is 17.6 Å². The molecule has 0 radical (unpaired) electrons. The van der Waals surface area contributed by atoms with Crippen LogP contribution < -0.4 is 10.1 Å². The molecule has 2 amide bonds. The molecule has 1 aliphatic carbocycles. The molecule has 0 bridgehead atoms. The lowest BCUT2D eigenvalue weighted by atomic mass is 10.1. The minimum atomic E-state index is -0.693. The number of halogens is 2. The van der Waals surface area contributed by atoms with E-state index in [0.717, 1.165) is 46.5 Å². The highest BCUT2D eigenvalue weighted by Crippen LogP contribution is 2.33. The normalized spacial score (nSPS) is 14.7. The fourth-order valence-electron chi connectivity index (χ4n) is 4.31. The van der Waals surface area contributed by atoms with Gasteiger partial charge in [0.15, 0.2) is 6.61 Å². The van der Waals surface area contributed by atoms with Crippen LogP contribution in [0, 0.1) is 5.82 Å². The summed E-state index contributed by atoms with van der Waals surface area (Å²) >= 11 is 3.58. The van der Waals surface area contributed by atoms with Crippen molar-refractivity contribution < 1.29 is 18.7 Å². The van der Waals surface area contributed by atoms with Crippen LogP contribution in [0.15, 0.2) is 65.1 Å². The number of hydrogen-bond acceptors (Lipinski definition) is 3. The summed E-state index contributed by atoms with van der Waals surface area (Å²) < 4.78 is 20.0. The van der Waals surface area contributed by atoms with E-state index in [1.165, 1.54) is 17.0 Å². The molecule has 178 valence electrons. The summed E-state index contributed by atoms with van der Waals surface area (Å²) in [7, 11) is 0. The average Bonchev–Trinajstić information content (AvgIpc) is 3.36. The molecule has 3 aromatic rings. The summed E-state index contributed by atoms with van der Waals surface area (Å²) in [5.41, 5.74) is 0.738. The van der Waals surface area contributed by atoms with Gasteiger partial charge in [-0.3, -0.25) is 9.59 Å². The molecule has 5 nitrogen and oxygen atoms in total. The highest BCUT2D eigenvalue weighted by molar-refractivity contribution is 9.10. The lowest BCUT2D eigenvalue weighted by Gasteiger charge is -2.29. The van der Waals surface area contributed by atoms with Gasteiger partial charge in [-0.15, -0.1) is 0 Å². The molecule has 0 unspecified atom stereocenters. The van der Waals surface area contributed by atoms with Crippen molar-refractivity contribution in [1.82, 2.24) is 10.2 Å². The standard InChI is InChI=1S/C27H28BrFN2O3/c1-18(27(33)30-22-7-3-4-8-22)31(16-19-10-13-21(29)14-11-19)25(32)17-34-24-15-12-20-6-2-5-9-23(20)26(24)28/h2,5-6,9-15,18,22H,3-4,7-8,16-17H2,1H3,(H,30,33)/t18-/m0/s1. The largest absolute Gasteiger partial charge is 0.483 e. The number of nitrogens with zero attached hydrogens (tertiary/aromatic N) is 1. The van der Waals surface area contributed by atoms with Gasteiger partial charge < -0.3 is 15.0 Å². The number of nitrogens with one attached hydrogen (secondary N) is 1. The number of carbonyl (C=O) groups is 2. The van der Waals surface area contributed by atoms with Gasteiger partial charge in [0, 0.05) is 12.6 Å². The first-order chi connectivity index (χ1) is 16.4. The Morgan fingerprint density at radius 2 is 1.79 bits per heavy atom. The minimum Gasteiger partial charge on any atom is -0.483 e. The molecule has 1 fully saturated rings. The number of amides is 2. The van der Waals surface area contributed by atoms with E-state index < -0.39 is 6.04 Å². The smallest absolute Gasteiger partial charge is 0.261 e. The number of benzene rings is 3. The topological polar surface area (TPSA) is 58.6 Å². The van der Waals surface area contributed by atoms with Gasteiger partial charge in [0.05, 0.1) is 4.47 Å². The maximum atomic E-state index is 13.4. The van der Waals surface area contributed by atoms with Gasteiger partial charge in [0.2, 0.25) is 5.91 Å². The monoisotopic (exact) mass is 526 g/mol. The predicted octanol–water partition coefficient (Wildman–Crippen LogP) is 5.60. The molecule has 1 atom stereocenters. The molecule has 1 aliphatic rings. The molecule has 7 heteroatoms. The zero-order valence-electron chi connectivity index (χ0n) is 19.1. The first-order valence-corrected chi connectivity index (χ1v) is 12.4. The Morgan fingerprint density at radius 1 is 1.09 bits per heavy atom. The quantitative estimate of drug-likeness (QED) is 0.415. The highest BCUT2D eigenvalue weighted by atomic mass is 79.9. The third-order valence-corrected chi connectivity index (χ3v) is 7.13. The summed E-state index contributed by atoms with van der Waals surface area (Å²) in [5, 5.41) is 5.12. The Kier molecular flexibility index (Phi) is 7.83. The molecule has 0 aromatic heterocycles. The van der Waals surface area contributed by atoms with E-state index in [2.05, 4.69) is 21.2 Å². The predicted molar refractivity (Wildman–Crippen MR) is 134 cm³/mol. The van der Waals surface area contributed by atoms with Crippen LogP contribution in [0.5, 0.6) is 5.75 Å². The molecule has 1 saturated carbocycles. The van der Waals surface area contributed by atoms with Crippen molar-refractivity contribution in [2.75, 3.05) is 6.61 Å². The van der Waals surface area contributed by atoms with Crippen molar-refractivity contribution in [3.05, 3.63) is 76.5 Å². The third-order valence-electron chi connectivity index (χ3n) is 6.31. The van der Waals surface area contributed by atoms with Gasteiger partial charge in [0.25, 0.3) is 5.91 Å². The van der Waals surface area contributed by atoms with Crippen LogP contribution >= 0.6 is 15.9 Å². The van der Waals surface area contributed by atoms with Crippen LogP contribution in [0.25, 0.3) is 10.8 Å². The van der Waals surface area contributed by atoms with Crippen LogP contribution in [-0.4, -0.2) is 35.4 Å². The zero-order chi connectivity index (χ0) is 24.1. The molecule has 4 rings (SSSR count). The van der Waals surface area contributed by atoms with Crippen molar-refractivity contribution in [2.24, 2.45) is 0 Å². The molecule has 1 N–H and O–H groups in total. The molecule has 0 aliphatic heterocycles. The van der Waals surface area contributed by atoms with E-state index in [1.807, 2.05) is 36.4 Å². The summed E-state index contributed by atoms with van der Waals surface area (Å²) in [5.74, 6) is -0.303. The van der Waals surface area contributed by atoms with E-state index in [0.29, 0.717) is 5.75 Å². The summed E-state index contributed by atoms with van der Waals surface area (Å²) in [6.45, 7) is 1.68. The molecule has 0 saturated heterocycles. The van der Waals surface area contributed by atoms with E-state index in [9.17, 15) is 14.0 Å². The highest BCUT2D eigenvalue weighted by Gasteiger charge is 2.29. The van der Waals surface area contributed by atoms with Crippen molar-refractivity contribution in [2.45, 2.75) is 51.2 Å². The van der Waals surface area contributed by atoms with E-state index in [-0.39, 0.29) is 36.8 Å². The summed E-state index contributed by atoms with van der Waals surface area (Å²) in [6, 6.07) is 17.1. The molecular weight excluding hydrogens is 499 g/mol. The molecule has 0 spiro atoms. The van der Waals surface area contributed by atoms with Crippen molar-refractivity contribution in [3.63, 3.8) is 0 Å².